The molecular weight excluding hydrogens is 410 g/mol. The second-order valence-corrected chi connectivity index (χ2v) is 8.84. The summed E-state index contributed by atoms with van der Waals surface area (Å²) in [4.78, 5) is 20.9. The predicted octanol–water partition coefficient (Wildman–Crippen LogP) is 4.97. The third kappa shape index (κ3) is 4.88. The van der Waals surface area contributed by atoms with Crippen molar-refractivity contribution in [1.29, 1.82) is 0 Å². The van der Waals surface area contributed by atoms with Gasteiger partial charge in [-0.3, -0.25) is 9.69 Å². The number of thiazole rings is 1. The van der Waals surface area contributed by atoms with Crippen LogP contribution in [-0.4, -0.2) is 22.6 Å². The van der Waals surface area contributed by atoms with E-state index in [1.165, 1.54) is 17.7 Å². The normalized spacial score (nSPS) is 13.0. The summed E-state index contributed by atoms with van der Waals surface area (Å²) in [6, 6.07) is 7.64. The van der Waals surface area contributed by atoms with Crippen molar-refractivity contribution in [1.82, 2.24) is 10.1 Å². The molecule has 31 heavy (non-hydrogen) atoms. The number of aryl methyl sites for hydroxylation is 4. The minimum atomic E-state index is 0.0235. The molecule has 0 atom stereocenters. The number of aromatic nitrogens is 2. The van der Waals surface area contributed by atoms with Crippen molar-refractivity contribution in [2.24, 2.45) is 0 Å². The lowest BCUT2D eigenvalue weighted by Gasteiger charge is -2.18. The molecule has 2 heterocycles. The van der Waals surface area contributed by atoms with Gasteiger partial charge in [-0.25, -0.2) is 4.98 Å². The highest BCUT2D eigenvalue weighted by Gasteiger charge is 2.22. The number of rotatable bonds is 8. The minimum absolute atomic E-state index is 0.0235. The van der Waals surface area contributed by atoms with Gasteiger partial charge in [0, 0.05) is 11.4 Å². The number of hydrogen-bond acceptors (Lipinski definition) is 6. The van der Waals surface area contributed by atoms with Crippen molar-refractivity contribution < 1.29 is 14.1 Å². The zero-order chi connectivity index (χ0) is 21.8. The molecule has 4 rings (SSSR count). The molecule has 0 radical (unpaired) electrons. The van der Waals surface area contributed by atoms with E-state index in [9.17, 15) is 4.79 Å². The van der Waals surface area contributed by atoms with Gasteiger partial charge in [-0.1, -0.05) is 23.4 Å². The maximum atomic E-state index is 13.1. The summed E-state index contributed by atoms with van der Waals surface area (Å²) < 4.78 is 11.0. The third-order valence-electron chi connectivity index (χ3n) is 5.52. The molecule has 0 spiro atoms. The van der Waals surface area contributed by atoms with Gasteiger partial charge in [-0.2, -0.15) is 0 Å². The number of fused-ring (bicyclic) bond motifs is 1. The van der Waals surface area contributed by atoms with E-state index in [1.54, 1.807) is 22.3 Å². The fraction of sp³-hybridized carbons (Fsp3) is 0.375. The first-order valence-electron chi connectivity index (χ1n) is 10.6. The van der Waals surface area contributed by atoms with Crippen molar-refractivity contribution in [3.05, 3.63) is 70.1 Å². The van der Waals surface area contributed by atoms with Crippen LogP contribution in [0.5, 0.6) is 5.75 Å². The summed E-state index contributed by atoms with van der Waals surface area (Å²) in [5, 5.41) is 4.73. The lowest BCUT2D eigenvalue weighted by atomic mass is 10.0. The highest BCUT2D eigenvalue weighted by molar-refractivity contribution is 7.16. The average Bonchev–Trinajstić information content (AvgIpc) is 3.34. The molecule has 3 aromatic rings. The molecule has 1 aliphatic carbocycles. The van der Waals surface area contributed by atoms with Gasteiger partial charge in [0.05, 0.1) is 23.4 Å². The highest BCUT2D eigenvalue weighted by atomic mass is 32.1. The van der Waals surface area contributed by atoms with E-state index in [1.807, 2.05) is 38.1 Å². The molecule has 7 heteroatoms. The molecule has 0 saturated heterocycles. The molecule has 1 amide bonds. The first-order valence-corrected chi connectivity index (χ1v) is 11.4. The first-order chi connectivity index (χ1) is 15.0. The number of hydrogen-bond donors (Lipinski definition) is 0. The van der Waals surface area contributed by atoms with Crippen LogP contribution in [0.1, 0.15) is 46.0 Å². The fourth-order valence-electron chi connectivity index (χ4n) is 3.71. The van der Waals surface area contributed by atoms with E-state index < -0.39 is 0 Å². The molecule has 1 aliphatic rings. The Bertz CT molecular complexity index is 1030. The Morgan fingerprint density at radius 2 is 2.03 bits per heavy atom. The monoisotopic (exact) mass is 437 g/mol. The average molecular weight is 438 g/mol. The second-order valence-electron chi connectivity index (χ2n) is 7.78. The Morgan fingerprint density at radius 3 is 2.71 bits per heavy atom. The van der Waals surface area contributed by atoms with Crippen LogP contribution in [0, 0.1) is 13.8 Å². The molecule has 0 aliphatic heterocycles. The number of amides is 1. The Hall–Kier alpha value is -2.93. The lowest BCUT2D eigenvalue weighted by molar-refractivity contribution is -0.117. The number of carbonyl (C=O) groups is 1. The maximum Gasteiger partial charge on any atom is 0.233 e. The Balaban J connectivity index is 1.40. The lowest BCUT2D eigenvalue weighted by Crippen LogP contribution is -2.32. The standard InChI is InChI=1S/C24H27N3O3S/c1-4-13-27(24-25-21-7-5-6-8-22(21)31-24)23(28)14-18-9-11-19(12-10-18)29-15-20-16(2)26-30-17(20)3/h4,9-12H,1,5-8,13-15H2,2-3H3. The SMILES string of the molecule is C=CCN(C(=O)Cc1ccc(OCc2c(C)noc2C)cc1)c1nc2c(s1)CCCC2. The molecule has 1 aromatic carbocycles. The van der Waals surface area contributed by atoms with Crippen LogP contribution in [0.4, 0.5) is 5.13 Å². The number of carbonyl (C=O) groups excluding carboxylic acids is 1. The zero-order valence-corrected chi connectivity index (χ0v) is 18.8. The maximum absolute atomic E-state index is 13.1. The van der Waals surface area contributed by atoms with Crippen molar-refractivity contribution >= 4 is 22.4 Å². The molecule has 162 valence electrons. The van der Waals surface area contributed by atoms with Gasteiger partial charge in [-0.15, -0.1) is 17.9 Å². The summed E-state index contributed by atoms with van der Waals surface area (Å²) in [5.74, 6) is 1.54. The van der Waals surface area contributed by atoms with E-state index in [-0.39, 0.29) is 5.91 Å². The first kappa shape index (κ1) is 21.3. The summed E-state index contributed by atoms with van der Waals surface area (Å²) in [5.41, 5.74) is 3.90. The predicted molar refractivity (Wildman–Crippen MR) is 122 cm³/mol. The van der Waals surface area contributed by atoms with E-state index in [0.717, 1.165) is 52.0 Å². The third-order valence-corrected chi connectivity index (χ3v) is 6.70. The summed E-state index contributed by atoms with van der Waals surface area (Å²) in [7, 11) is 0. The van der Waals surface area contributed by atoms with Gasteiger partial charge >= 0.3 is 0 Å². The molecule has 0 bridgehead atoms. The molecule has 0 saturated carbocycles. The summed E-state index contributed by atoms with van der Waals surface area (Å²) in [6.07, 6.45) is 6.52. The van der Waals surface area contributed by atoms with E-state index >= 15 is 0 Å². The van der Waals surface area contributed by atoms with Crippen LogP contribution < -0.4 is 9.64 Å². The molecule has 2 aromatic heterocycles. The van der Waals surface area contributed by atoms with Crippen LogP contribution in [-0.2, 0) is 30.7 Å². The van der Waals surface area contributed by atoms with E-state index in [0.29, 0.717) is 19.6 Å². The van der Waals surface area contributed by atoms with Gasteiger partial charge < -0.3 is 9.26 Å². The van der Waals surface area contributed by atoms with Gasteiger partial charge in [0.1, 0.15) is 18.1 Å². The molecule has 0 unspecified atom stereocenters. The smallest absolute Gasteiger partial charge is 0.233 e. The van der Waals surface area contributed by atoms with E-state index in [2.05, 4.69) is 11.7 Å². The largest absolute Gasteiger partial charge is 0.489 e. The van der Waals surface area contributed by atoms with Gasteiger partial charge in [0.2, 0.25) is 5.91 Å². The van der Waals surface area contributed by atoms with Crippen molar-refractivity contribution in [3.63, 3.8) is 0 Å². The number of nitrogens with zero attached hydrogens (tertiary/aromatic N) is 3. The number of benzene rings is 1. The van der Waals surface area contributed by atoms with Crippen molar-refractivity contribution in [3.8, 4) is 5.75 Å². The summed E-state index contributed by atoms with van der Waals surface area (Å²) in [6.45, 7) is 8.46. The molecule has 0 fully saturated rings. The van der Waals surface area contributed by atoms with E-state index in [4.69, 9.17) is 14.2 Å². The van der Waals surface area contributed by atoms with Crippen LogP contribution in [0.3, 0.4) is 0 Å². The van der Waals surface area contributed by atoms with Crippen LogP contribution >= 0.6 is 11.3 Å². The van der Waals surface area contributed by atoms with Crippen LogP contribution in [0.2, 0.25) is 0 Å². The topological polar surface area (TPSA) is 68.5 Å². The minimum Gasteiger partial charge on any atom is -0.489 e. The molecule has 6 nitrogen and oxygen atoms in total. The molecule has 0 N–H and O–H groups in total. The highest BCUT2D eigenvalue weighted by Crippen LogP contribution is 2.32. The van der Waals surface area contributed by atoms with Crippen LogP contribution in [0.25, 0.3) is 0 Å². The second kappa shape index (κ2) is 9.47. The molecular formula is C24H27N3O3S. The summed E-state index contributed by atoms with van der Waals surface area (Å²) >= 11 is 1.65. The Labute approximate surface area is 186 Å². The van der Waals surface area contributed by atoms with Crippen molar-refractivity contribution in [2.45, 2.75) is 52.6 Å². The zero-order valence-electron chi connectivity index (χ0n) is 18.0. The Kier molecular flexibility index (Phi) is 6.51. The van der Waals surface area contributed by atoms with Gasteiger partial charge in [0.25, 0.3) is 0 Å². The van der Waals surface area contributed by atoms with Gasteiger partial charge in [-0.05, 0) is 57.2 Å². The van der Waals surface area contributed by atoms with Gasteiger partial charge in [0.15, 0.2) is 5.13 Å². The van der Waals surface area contributed by atoms with Crippen molar-refractivity contribution in [2.75, 3.05) is 11.4 Å². The quantitative estimate of drug-likeness (QED) is 0.466. The van der Waals surface area contributed by atoms with Crippen LogP contribution in [0.15, 0.2) is 41.4 Å². The number of anilines is 1. The Morgan fingerprint density at radius 1 is 1.26 bits per heavy atom. The fourth-order valence-corrected chi connectivity index (χ4v) is 4.88. The number of ether oxygens (including phenoxy) is 1.